The van der Waals surface area contributed by atoms with Crippen molar-refractivity contribution in [3.63, 3.8) is 0 Å². The summed E-state index contributed by atoms with van der Waals surface area (Å²) < 4.78 is 27.2. The SMILES string of the molecule is Cc1sc(NC(=O)c2ccc(S(=O)(=O)N3CCCC(C)C3)cc2)c(C(N)=O)c1C. The van der Waals surface area contributed by atoms with Gasteiger partial charge in [-0.05, 0) is 62.4 Å². The molecular formula is C20H25N3O4S2. The van der Waals surface area contributed by atoms with E-state index in [1.807, 2.05) is 13.8 Å². The Labute approximate surface area is 175 Å². The molecule has 1 unspecified atom stereocenters. The molecule has 1 aromatic carbocycles. The Balaban J connectivity index is 1.79. The molecule has 1 aliphatic heterocycles. The molecule has 0 saturated carbocycles. The van der Waals surface area contributed by atoms with E-state index in [2.05, 4.69) is 5.32 Å². The predicted octanol–water partition coefficient (Wildman–Crippen LogP) is 3.14. The third-order valence-electron chi connectivity index (χ3n) is 5.23. The largest absolute Gasteiger partial charge is 0.365 e. The number of piperidine rings is 1. The zero-order valence-electron chi connectivity index (χ0n) is 16.7. The van der Waals surface area contributed by atoms with Crippen LogP contribution in [0.25, 0.3) is 0 Å². The summed E-state index contributed by atoms with van der Waals surface area (Å²) in [6.45, 7) is 6.70. The van der Waals surface area contributed by atoms with Gasteiger partial charge in [0.1, 0.15) is 5.00 Å². The van der Waals surface area contributed by atoms with Crippen molar-refractivity contribution < 1.29 is 18.0 Å². The van der Waals surface area contributed by atoms with Gasteiger partial charge in [-0.3, -0.25) is 9.59 Å². The van der Waals surface area contributed by atoms with Crippen molar-refractivity contribution in [2.45, 2.75) is 38.5 Å². The first-order valence-corrected chi connectivity index (χ1v) is 11.7. The molecule has 2 aromatic rings. The van der Waals surface area contributed by atoms with E-state index in [-0.39, 0.29) is 4.90 Å². The molecule has 1 fully saturated rings. The summed E-state index contributed by atoms with van der Waals surface area (Å²) in [7, 11) is -3.57. The third kappa shape index (κ3) is 4.36. The summed E-state index contributed by atoms with van der Waals surface area (Å²) in [5.41, 5.74) is 6.79. The predicted molar refractivity (Wildman–Crippen MR) is 114 cm³/mol. The van der Waals surface area contributed by atoms with E-state index in [4.69, 9.17) is 5.73 Å². The van der Waals surface area contributed by atoms with E-state index < -0.39 is 21.8 Å². The van der Waals surface area contributed by atoms with Crippen LogP contribution in [0.4, 0.5) is 5.00 Å². The molecule has 0 aliphatic carbocycles. The fraction of sp³-hybridized carbons (Fsp3) is 0.400. The number of anilines is 1. The number of carbonyl (C=O) groups excluding carboxylic acids is 2. The Bertz CT molecular complexity index is 1040. The van der Waals surface area contributed by atoms with Gasteiger partial charge in [0.2, 0.25) is 10.0 Å². The van der Waals surface area contributed by atoms with Crippen LogP contribution in [0.5, 0.6) is 0 Å². The fourth-order valence-electron chi connectivity index (χ4n) is 3.48. The van der Waals surface area contributed by atoms with Crippen molar-refractivity contribution in [2.24, 2.45) is 11.7 Å². The Morgan fingerprint density at radius 2 is 1.86 bits per heavy atom. The highest BCUT2D eigenvalue weighted by Crippen LogP contribution is 2.32. The number of benzene rings is 1. The summed E-state index contributed by atoms with van der Waals surface area (Å²) in [6, 6.07) is 5.85. The smallest absolute Gasteiger partial charge is 0.256 e. The number of primary amides is 1. The number of hydrogen-bond acceptors (Lipinski definition) is 5. The highest BCUT2D eigenvalue weighted by molar-refractivity contribution is 7.89. The Kier molecular flexibility index (Phi) is 6.11. The van der Waals surface area contributed by atoms with Gasteiger partial charge < -0.3 is 11.1 Å². The van der Waals surface area contributed by atoms with Gasteiger partial charge in [-0.1, -0.05) is 6.92 Å². The van der Waals surface area contributed by atoms with Gasteiger partial charge in [-0.2, -0.15) is 4.31 Å². The maximum Gasteiger partial charge on any atom is 0.256 e. The van der Waals surface area contributed by atoms with Gasteiger partial charge in [0, 0.05) is 23.5 Å². The number of nitrogens with zero attached hydrogens (tertiary/aromatic N) is 1. The minimum Gasteiger partial charge on any atom is -0.365 e. The maximum absolute atomic E-state index is 12.8. The first-order chi connectivity index (χ1) is 13.6. The van der Waals surface area contributed by atoms with Gasteiger partial charge in [0.05, 0.1) is 10.5 Å². The lowest BCUT2D eigenvalue weighted by atomic mass is 10.0. The Morgan fingerprint density at radius 3 is 2.45 bits per heavy atom. The number of aryl methyl sites for hydroxylation is 1. The molecule has 29 heavy (non-hydrogen) atoms. The molecule has 0 spiro atoms. The van der Waals surface area contributed by atoms with Crippen LogP contribution in [-0.4, -0.2) is 37.6 Å². The zero-order valence-corrected chi connectivity index (χ0v) is 18.3. The third-order valence-corrected chi connectivity index (χ3v) is 8.23. The van der Waals surface area contributed by atoms with Crippen LogP contribution in [0.1, 0.15) is 50.9 Å². The van der Waals surface area contributed by atoms with Crippen molar-refractivity contribution in [1.29, 1.82) is 0 Å². The van der Waals surface area contributed by atoms with Gasteiger partial charge in [-0.15, -0.1) is 11.3 Å². The molecule has 0 radical (unpaired) electrons. The molecule has 1 aliphatic rings. The molecule has 1 aromatic heterocycles. The lowest BCUT2D eigenvalue weighted by Gasteiger charge is -2.30. The van der Waals surface area contributed by atoms with Gasteiger partial charge in [0.15, 0.2) is 0 Å². The van der Waals surface area contributed by atoms with E-state index in [1.54, 1.807) is 6.92 Å². The highest BCUT2D eigenvalue weighted by atomic mass is 32.2. The summed E-state index contributed by atoms with van der Waals surface area (Å²) in [6.07, 6.45) is 1.88. The molecule has 2 heterocycles. The number of thiophene rings is 1. The van der Waals surface area contributed by atoms with E-state index >= 15 is 0 Å². The number of sulfonamides is 1. The molecule has 156 valence electrons. The second kappa shape index (κ2) is 8.25. The Hall–Kier alpha value is -2.23. The van der Waals surface area contributed by atoms with Crippen LogP contribution in [-0.2, 0) is 10.0 Å². The number of rotatable bonds is 5. The first kappa shape index (κ1) is 21.5. The summed E-state index contributed by atoms with van der Waals surface area (Å²) in [5.74, 6) is -0.690. The summed E-state index contributed by atoms with van der Waals surface area (Å²) >= 11 is 1.28. The molecule has 3 rings (SSSR count). The van der Waals surface area contributed by atoms with Crippen molar-refractivity contribution in [3.8, 4) is 0 Å². The second-order valence-corrected chi connectivity index (χ2v) is 10.6. The van der Waals surface area contributed by atoms with Crippen molar-refractivity contribution in [2.75, 3.05) is 18.4 Å². The van der Waals surface area contributed by atoms with Crippen molar-refractivity contribution in [3.05, 3.63) is 45.8 Å². The monoisotopic (exact) mass is 435 g/mol. The standard InChI is InChI=1S/C20H25N3O4S2/c1-12-5-4-10-23(11-12)29(26,27)16-8-6-15(7-9-16)19(25)22-20-17(18(21)24)13(2)14(3)28-20/h6-9,12H,4-5,10-11H2,1-3H3,(H2,21,24)(H,22,25). The van der Waals surface area contributed by atoms with Crippen molar-refractivity contribution >= 4 is 38.2 Å². The second-order valence-electron chi connectivity index (χ2n) is 7.44. The fourth-order valence-corrected chi connectivity index (χ4v) is 6.14. The molecule has 9 heteroatoms. The van der Waals surface area contributed by atoms with Crippen LogP contribution in [0.15, 0.2) is 29.2 Å². The normalized spacial score (nSPS) is 17.8. The molecule has 1 atom stereocenters. The quantitative estimate of drug-likeness (QED) is 0.752. The zero-order chi connectivity index (χ0) is 21.3. The number of carbonyl (C=O) groups is 2. The van der Waals surface area contributed by atoms with Crippen LogP contribution in [0.3, 0.4) is 0 Å². The topological polar surface area (TPSA) is 110 Å². The first-order valence-electron chi connectivity index (χ1n) is 9.42. The Morgan fingerprint density at radius 1 is 1.21 bits per heavy atom. The molecule has 3 N–H and O–H groups in total. The lowest BCUT2D eigenvalue weighted by Crippen LogP contribution is -2.39. The minimum absolute atomic E-state index is 0.170. The highest BCUT2D eigenvalue weighted by Gasteiger charge is 2.28. The summed E-state index contributed by atoms with van der Waals surface area (Å²) in [4.78, 5) is 25.4. The average Bonchev–Trinajstić information content (AvgIpc) is 2.95. The van der Waals surface area contributed by atoms with Crippen LogP contribution < -0.4 is 11.1 Å². The number of nitrogens with one attached hydrogen (secondary N) is 1. The van der Waals surface area contributed by atoms with Crippen LogP contribution >= 0.6 is 11.3 Å². The van der Waals surface area contributed by atoms with E-state index in [0.29, 0.717) is 35.1 Å². The summed E-state index contributed by atoms with van der Waals surface area (Å²) in [5, 5.41) is 3.12. The molecule has 7 nitrogen and oxygen atoms in total. The molecule has 2 amide bonds. The van der Waals surface area contributed by atoms with Crippen LogP contribution in [0.2, 0.25) is 0 Å². The molecular weight excluding hydrogens is 410 g/mol. The van der Waals surface area contributed by atoms with Crippen LogP contribution in [0, 0.1) is 19.8 Å². The maximum atomic E-state index is 12.8. The number of amides is 2. The lowest BCUT2D eigenvalue weighted by molar-refractivity contribution is 0.100. The van der Waals surface area contributed by atoms with E-state index in [1.165, 1.54) is 39.9 Å². The molecule has 1 saturated heterocycles. The van der Waals surface area contributed by atoms with Crippen molar-refractivity contribution in [1.82, 2.24) is 4.31 Å². The van der Waals surface area contributed by atoms with Gasteiger partial charge in [0.25, 0.3) is 11.8 Å². The number of nitrogens with two attached hydrogens (primary N) is 1. The van der Waals surface area contributed by atoms with Gasteiger partial charge in [-0.25, -0.2) is 8.42 Å². The number of hydrogen-bond donors (Lipinski definition) is 2. The molecule has 0 bridgehead atoms. The average molecular weight is 436 g/mol. The van der Waals surface area contributed by atoms with Gasteiger partial charge >= 0.3 is 0 Å². The van der Waals surface area contributed by atoms with E-state index in [0.717, 1.165) is 23.3 Å². The van der Waals surface area contributed by atoms with E-state index in [9.17, 15) is 18.0 Å². The minimum atomic E-state index is -3.57.